The number of rotatable bonds is 6. The maximum Gasteiger partial charge on any atom is 0.253 e. The number of hydrogen-bond acceptors (Lipinski definition) is 7. The average molecular weight is 429 g/mol. The van der Waals surface area contributed by atoms with Crippen molar-refractivity contribution in [1.82, 2.24) is 29.4 Å². The molecule has 1 aliphatic rings. The largest absolute Gasteiger partial charge is 0.339 e. The first-order valence-corrected chi connectivity index (χ1v) is 10.4. The molecule has 9 nitrogen and oxygen atoms in total. The van der Waals surface area contributed by atoms with Crippen LogP contribution in [0.25, 0.3) is 5.78 Å². The Morgan fingerprint density at radius 3 is 2.63 bits per heavy atom. The lowest BCUT2D eigenvalue weighted by atomic mass is 10.3. The van der Waals surface area contributed by atoms with E-state index < -0.39 is 0 Å². The molecule has 0 spiro atoms. The summed E-state index contributed by atoms with van der Waals surface area (Å²) in [5.41, 5.74) is 0.558. The highest BCUT2D eigenvalue weighted by Crippen LogP contribution is 2.15. The van der Waals surface area contributed by atoms with Gasteiger partial charge in [-0.15, -0.1) is 5.10 Å². The van der Waals surface area contributed by atoms with E-state index >= 15 is 0 Å². The highest BCUT2D eigenvalue weighted by molar-refractivity contribution is 7.99. The number of anilines is 1. The van der Waals surface area contributed by atoms with Crippen LogP contribution in [0.2, 0.25) is 0 Å². The maximum absolute atomic E-state index is 12.9. The Kier molecular flexibility index (Phi) is 6.19. The fraction of sp³-hybridized carbons (Fsp3) is 0.316. The molecule has 0 unspecified atom stereocenters. The van der Waals surface area contributed by atoms with E-state index in [0.29, 0.717) is 42.8 Å². The maximum atomic E-state index is 12.9. The van der Waals surface area contributed by atoms with E-state index in [1.165, 1.54) is 36.0 Å². The van der Waals surface area contributed by atoms with Gasteiger partial charge in [-0.2, -0.15) is 4.98 Å². The first-order valence-electron chi connectivity index (χ1n) is 9.42. The van der Waals surface area contributed by atoms with Crippen LogP contribution < -0.4 is 5.32 Å². The topological polar surface area (TPSA) is 95.7 Å². The van der Waals surface area contributed by atoms with Crippen molar-refractivity contribution >= 4 is 35.0 Å². The van der Waals surface area contributed by atoms with Gasteiger partial charge in [0.25, 0.3) is 5.78 Å². The van der Waals surface area contributed by atoms with Crippen LogP contribution in [0.15, 0.2) is 47.9 Å². The molecule has 4 rings (SSSR count). The minimum atomic E-state index is -0.347. The molecule has 0 saturated carbocycles. The summed E-state index contributed by atoms with van der Waals surface area (Å²) in [6.45, 7) is 2.58. The van der Waals surface area contributed by atoms with Crippen LogP contribution in [0.3, 0.4) is 0 Å². The van der Waals surface area contributed by atoms with Gasteiger partial charge in [-0.25, -0.2) is 13.9 Å². The van der Waals surface area contributed by atoms with Gasteiger partial charge in [-0.3, -0.25) is 14.5 Å². The number of hydrogen-bond donors (Lipinski definition) is 1. The van der Waals surface area contributed by atoms with Gasteiger partial charge >= 0.3 is 0 Å². The number of aromatic nitrogens is 4. The minimum Gasteiger partial charge on any atom is -0.339 e. The number of halogens is 1. The van der Waals surface area contributed by atoms with Crippen molar-refractivity contribution in [3.63, 3.8) is 0 Å². The summed E-state index contributed by atoms with van der Waals surface area (Å²) in [5.74, 6) is 0.258. The molecule has 2 aromatic heterocycles. The average Bonchev–Trinajstić information content (AvgIpc) is 3.17. The third-order valence-corrected chi connectivity index (χ3v) is 5.46. The SMILES string of the molecule is O=C(CN1CCN(C(=O)CSc2nc3ncccn3n2)CC1)Nc1ccc(F)cc1. The standard InChI is InChI=1S/C19H20FN7O2S/c20-14-2-4-15(5-3-14)22-16(28)12-25-8-10-26(11-9-25)17(29)13-30-19-23-18-21-6-1-7-27(18)24-19/h1-7H,8-13H2,(H,22,28). The van der Waals surface area contributed by atoms with E-state index in [2.05, 4.69) is 20.4 Å². The molecule has 0 aliphatic carbocycles. The van der Waals surface area contributed by atoms with E-state index in [1.807, 2.05) is 4.90 Å². The fourth-order valence-electron chi connectivity index (χ4n) is 3.08. The molecule has 156 valence electrons. The third-order valence-electron chi connectivity index (χ3n) is 4.64. The van der Waals surface area contributed by atoms with E-state index in [9.17, 15) is 14.0 Å². The molecule has 1 saturated heterocycles. The van der Waals surface area contributed by atoms with Crippen molar-refractivity contribution < 1.29 is 14.0 Å². The second-order valence-corrected chi connectivity index (χ2v) is 7.70. The van der Waals surface area contributed by atoms with Crippen molar-refractivity contribution in [2.45, 2.75) is 5.16 Å². The highest BCUT2D eigenvalue weighted by Gasteiger charge is 2.23. The van der Waals surface area contributed by atoms with Gasteiger partial charge in [-0.1, -0.05) is 11.8 Å². The van der Waals surface area contributed by atoms with Crippen molar-refractivity contribution in [1.29, 1.82) is 0 Å². The summed E-state index contributed by atoms with van der Waals surface area (Å²) < 4.78 is 14.5. The number of thioether (sulfide) groups is 1. The Balaban J connectivity index is 1.20. The van der Waals surface area contributed by atoms with Gasteiger partial charge in [0.15, 0.2) is 0 Å². The molecule has 3 heterocycles. The molecule has 1 aliphatic heterocycles. The number of piperazine rings is 1. The molecular weight excluding hydrogens is 409 g/mol. The van der Waals surface area contributed by atoms with Crippen LogP contribution in [-0.4, -0.2) is 79.7 Å². The van der Waals surface area contributed by atoms with Crippen molar-refractivity contribution in [2.75, 3.05) is 43.8 Å². The number of amides is 2. The molecular formula is C19H20FN7O2S. The van der Waals surface area contributed by atoms with Crippen molar-refractivity contribution in [2.24, 2.45) is 0 Å². The van der Waals surface area contributed by atoms with Gasteiger partial charge in [0, 0.05) is 44.3 Å². The van der Waals surface area contributed by atoms with E-state index in [-0.39, 0.29) is 29.9 Å². The first-order chi connectivity index (χ1) is 14.6. The summed E-state index contributed by atoms with van der Waals surface area (Å²) in [6, 6.07) is 7.42. The van der Waals surface area contributed by atoms with E-state index in [1.54, 1.807) is 27.9 Å². The van der Waals surface area contributed by atoms with Crippen LogP contribution >= 0.6 is 11.8 Å². The number of carbonyl (C=O) groups is 2. The first kappa shape index (κ1) is 20.2. The Labute approximate surface area is 176 Å². The van der Waals surface area contributed by atoms with Gasteiger partial charge in [-0.05, 0) is 30.3 Å². The van der Waals surface area contributed by atoms with Crippen LogP contribution in [-0.2, 0) is 9.59 Å². The molecule has 1 N–H and O–H groups in total. The summed E-state index contributed by atoms with van der Waals surface area (Å²) in [4.78, 5) is 36.8. The number of nitrogens with one attached hydrogen (secondary N) is 1. The van der Waals surface area contributed by atoms with Crippen LogP contribution in [0.5, 0.6) is 0 Å². The molecule has 1 fully saturated rings. The number of carbonyl (C=O) groups excluding carboxylic acids is 2. The van der Waals surface area contributed by atoms with Gasteiger partial charge in [0.05, 0.1) is 12.3 Å². The molecule has 0 radical (unpaired) electrons. The quantitative estimate of drug-likeness (QED) is 0.587. The fourth-order valence-corrected chi connectivity index (χ4v) is 3.81. The molecule has 30 heavy (non-hydrogen) atoms. The lowest BCUT2D eigenvalue weighted by Gasteiger charge is -2.34. The monoisotopic (exact) mass is 429 g/mol. The van der Waals surface area contributed by atoms with E-state index in [0.717, 1.165) is 0 Å². The second kappa shape index (κ2) is 9.18. The zero-order valence-corrected chi connectivity index (χ0v) is 16.9. The molecule has 0 bridgehead atoms. The van der Waals surface area contributed by atoms with Crippen LogP contribution in [0.4, 0.5) is 10.1 Å². The smallest absolute Gasteiger partial charge is 0.253 e. The predicted molar refractivity (Wildman–Crippen MR) is 110 cm³/mol. The highest BCUT2D eigenvalue weighted by atomic mass is 32.2. The second-order valence-electron chi connectivity index (χ2n) is 6.76. The molecule has 11 heteroatoms. The lowest BCUT2D eigenvalue weighted by molar-refractivity contribution is -0.130. The third kappa shape index (κ3) is 5.10. The van der Waals surface area contributed by atoms with Crippen molar-refractivity contribution in [3.8, 4) is 0 Å². The Morgan fingerprint density at radius 1 is 1.13 bits per heavy atom. The molecule has 2 amide bonds. The lowest BCUT2D eigenvalue weighted by Crippen LogP contribution is -2.50. The molecule has 0 atom stereocenters. The Bertz CT molecular complexity index is 1000. The minimum absolute atomic E-state index is 0.0160. The van der Waals surface area contributed by atoms with Crippen molar-refractivity contribution in [3.05, 3.63) is 48.5 Å². The summed E-state index contributed by atoms with van der Waals surface area (Å²) in [6.07, 6.45) is 3.40. The zero-order valence-electron chi connectivity index (χ0n) is 16.1. The number of benzene rings is 1. The normalized spacial score (nSPS) is 14.8. The molecule has 1 aromatic carbocycles. The Morgan fingerprint density at radius 2 is 1.90 bits per heavy atom. The van der Waals surface area contributed by atoms with Crippen LogP contribution in [0, 0.1) is 5.82 Å². The zero-order chi connectivity index (χ0) is 20.9. The Hall–Kier alpha value is -3.05. The van der Waals surface area contributed by atoms with E-state index in [4.69, 9.17) is 0 Å². The summed E-state index contributed by atoms with van der Waals surface area (Å²) >= 11 is 1.28. The summed E-state index contributed by atoms with van der Waals surface area (Å²) in [7, 11) is 0. The van der Waals surface area contributed by atoms with Gasteiger partial charge < -0.3 is 10.2 Å². The number of fused-ring (bicyclic) bond motifs is 1. The van der Waals surface area contributed by atoms with Gasteiger partial charge in [0.1, 0.15) is 5.82 Å². The summed E-state index contributed by atoms with van der Waals surface area (Å²) in [5, 5.41) is 7.54. The van der Waals surface area contributed by atoms with Crippen LogP contribution in [0.1, 0.15) is 0 Å². The molecule has 3 aromatic rings. The number of nitrogens with zero attached hydrogens (tertiary/aromatic N) is 6. The van der Waals surface area contributed by atoms with Gasteiger partial charge in [0.2, 0.25) is 17.0 Å². The predicted octanol–water partition coefficient (Wildman–Crippen LogP) is 1.14.